The van der Waals surface area contributed by atoms with Crippen molar-refractivity contribution in [2.24, 2.45) is 17.6 Å². The van der Waals surface area contributed by atoms with Crippen molar-refractivity contribution in [2.75, 3.05) is 19.6 Å². The van der Waals surface area contributed by atoms with Gasteiger partial charge in [-0.1, -0.05) is 25.0 Å². The van der Waals surface area contributed by atoms with E-state index in [0.29, 0.717) is 35.4 Å². The van der Waals surface area contributed by atoms with Crippen LogP contribution in [0.25, 0.3) is 6.08 Å². The molecule has 142 valence electrons. The van der Waals surface area contributed by atoms with Crippen LogP contribution in [0.2, 0.25) is 0 Å². The molecule has 27 heavy (non-hydrogen) atoms. The first kappa shape index (κ1) is 18.2. The van der Waals surface area contributed by atoms with Crippen LogP contribution in [0.5, 0.6) is 0 Å². The van der Waals surface area contributed by atoms with Crippen LogP contribution in [0.15, 0.2) is 29.2 Å². The number of hydrogen-bond donors (Lipinski definition) is 1. The van der Waals surface area contributed by atoms with Crippen LogP contribution in [0.4, 0.5) is 9.18 Å². The van der Waals surface area contributed by atoms with E-state index < -0.39 is 0 Å². The Balaban J connectivity index is 1.42. The summed E-state index contributed by atoms with van der Waals surface area (Å²) in [4.78, 5) is 26.6. The van der Waals surface area contributed by atoms with Gasteiger partial charge in [0.25, 0.3) is 11.1 Å². The van der Waals surface area contributed by atoms with E-state index in [9.17, 15) is 14.0 Å². The highest BCUT2D eigenvalue weighted by atomic mass is 32.2. The number of amidine groups is 1. The number of nitrogens with zero attached hydrogens (tertiary/aromatic N) is 2. The van der Waals surface area contributed by atoms with Crippen molar-refractivity contribution < 1.29 is 18.6 Å². The molecule has 1 aromatic carbocycles. The van der Waals surface area contributed by atoms with Crippen molar-refractivity contribution in [3.8, 4) is 0 Å². The second-order valence-corrected chi connectivity index (χ2v) is 8.40. The van der Waals surface area contributed by atoms with E-state index in [-0.39, 0.29) is 17.0 Å². The second-order valence-electron chi connectivity index (χ2n) is 7.41. The maximum absolute atomic E-state index is 13.0. The molecule has 2 fully saturated rings. The van der Waals surface area contributed by atoms with Crippen LogP contribution in [0, 0.1) is 17.7 Å². The summed E-state index contributed by atoms with van der Waals surface area (Å²) in [7, 11) is 0. The third-order valence-corrected chi connectivity index (χ3v) is 6.65. The van der Waals surface area contributed by atoms with Gasteiger partial charge in [0.1, 0.15) is 12.4 Å². The first-order valence-corrected chi connectivity index (χ1v) is 10.2. The van der Waals surface area contributed by atoms with E-state index in [0.717, 1.165) is 30.6 Å². The summed E-state index contributed by atoms with van der Waals surface area (Å²) in [6.07, 6.45) is 6.49. The summed E-state index contributed by atoms with van der Waals surface area (Å²) in [6.45, 7) is 1.85. The van der Waals surface area contributed by atoms with Crippen LogP contribution < -0.4 is 5.73 Å². The molecule has 1 aliphatic carbocycles. The fraction of sp³-hybridized carbons (Fsp3) is 0.450. The number of imide groups is 1. The van der Waals surface area contributed by atoms with Gasteiger partial charge in [-0.3, -0.25) is 24.8 Å². The van der Waals surface area contributed by atoms with Crippen molar-refractivity contribution in [1.82, 2.24) is 4.90 Å². The van der Waals surface area contributed by atoms with E-state index in [1.165, 1.54) is 36.3 Å². The van der Waals surface area contributed by atoms with Gasteiger partial charge in [-0.2, -0.15) is 0 Å². The highest BCUT2D eigenvalue weighted by Gasteiger charge is 2.41. The minimum absolute atomic E-state index is 0.261. The molecule has 0 radical (unpaired) electrons. The second kappa shape index (κ2) is 7.46. The molecule has 2 aliphatic heterocycles. The first-order valence-electron chi connectivity index (χ1n) is 9.41. The van der Waals surface area contributed by atoms with Crippen LogP contribution in [0.1, 0.15) is 31.2 Å². The Kier molecular flexibility index (Phi) is 5.04. The van der Waals surface area contributed by atoms with Gasteiger partial charge < -0.3 is 0 Å². The zero-order chi connectivity index (χ0) is 19.0. The number of hydrogen-bond acceptors (Lipinski definition) is 4. The quantitative estimate of drug-likeness (QED) is 0.636. The smallest absolute Gasteiger partial charge is 0.291 e. The van der Waals surface area contributed by atoms with E-state index in [2.05, 4.69) is 4.58 Å². The van der Waals surface area contributed by atoms with Gasteiger partial charge >= 0.3 is 0 Å². The summed E-state index contributed by atoms with van der Waals surface area (Å²) in [6, 6.07) is 5.85. The number of carbonyl (C=O) groups is 2. The van der Waals surface area contributed by atoms with Gasteiger partial charge in [0.15, 0.2) is 0 Å². The Morgan fingerprint density at radius 2 is 1.96 bits per heavy atom. The molecule has 1 aromatic rings. The molecular weight excluding hydrogens is 365 g/mol. The Hall–Kier alpha value is -2.15. The SMILES string of the molecule is NC1=[N+](CCN2C(=O)S/C(=C\c3ccc(F)cc3)C2=O)CC2CCCCC12. The van der Waals surface area contributed by atoms with Crippen molar-refractivity contribution in [2.45, 2.75) is 25.7 Å². The van der Waals surface area contributed by atoms with Crippen molar-refractivity contribution in [3.05, 3.63) is 40.6 Å². The predicted octanol–water partition coefficient (Wildman–Crippen LogP) is 3.05. The van der Waals surface area contributed by atoms with Crippen LogP contribution in [-0.4, -0.2) is 46.1 Å². The third-order valence-electron chi connectivity index (χ3n) is 5.74. The number of benzene rings is 1. The molecule has 0 spiro atoms. The minimum Gasteiger partial charge on any atom is -0.291 e. The van der Waals surface area contributed by atoms with Crippen molar-refractivity contribution >= 4 is 34.8 Å². The molecule has 2 unspecified atom stereocenters. The van der Waals surface area contributed by atoms with Gasteiger partial charge in [-0.25, -0.2) is 4.39 Å². The maximum atomic E-state index is 13.0. The molecular formula is C20H23FN3O2S+. The number of amides is 2. The fourth-order valence-corrected chi connectivity index (χ4v) is 5.15. The lowest BCUT2D eigenvalue weighted by Gasteiger charge is -2.21. The molecule has 1 saturated carbocycles. The number of carbonyl (C=O) groups excluding carboxylic acids is 2. The number of fused-ring (bicyclic) bond motifs is 1. The van der Waals surface area contributed by atoms with E-state index in [1.807, 2.05) is 0 Å². The number of rotatable bonds is 4. The van der Waals surface area contributed by atoms with Crippen LogP contribution >= 0.6 is 11.8 Å². The molecule has 2 N–H and O–H groups in total. The summed E-state index contributed by atoms with van der Waals surface area (Å²) >= 11 is 0.932. The molecule has 0 bridgehead atoms. The average molecular weight is 388 g/mol. The normalized spacial score (nSPS) is 27.0. The Morgan fingerprint density at radius 1 is 1.22 bits per heavy atom. The maximum Gasteiger partial charge on any atom is 0.293 e. The highest BCUT2D eigenvalue weighted by molar-refractivity contribution is 8.18. The fourth-order valence-electron chi connectivity index (χ4n) is 4.28. The summed E-state index contributed by atoms with van der Waals surface area (Å²) in [5.74, 6) is 1.39. The Morgan fingerprint density at radius 3 is 2.70 bits per heavy atom. The Labute approximate surface area is 162 Å². The molecule has 2 amide bonds. The van der Waals surface area contributed by atoms with Gasteiger partial charge in [0.2, 0.25) is 5.84 Å². The molecule has 2 heterocycles. The number of halogens is 1. The lowest BCUT2D eigenvalue weighted by Crippen LogP contribution is -2.36. The van der Waals surface area contributed by atoms with Crippen molar-refractivity contribution in [3.63, 3.8) is 0 Å². The molecule has 0 aromatic heterocycles. The van der Waals surface area contributed by atoms with Gasteiger partial charge in [0, 0.05) is 5.92 Å². The van der Waals surface area contributed by atoms with Gasteiger partial charge in [-0.15, -0.1) is 0 Å². The summed E-state index contributed by atoms with van der Waals surface area (Å²) in [5.41, 5.74) is 7.03. The standard InChI is InChI=1S/C20H22FN3O2S/c21-15-7-5-13(6-8-15)11-17-19(25)24(20(26)27-17)10-9-23-12-14-3-1-2-4-16(14)18(23)22/h5-8,11,14,16,22H,1-4,9-10,12H2/p+1/b17-11-. The molecule has 4 rings (SSSR count). The zero-order valence-electron chi connectivity index (χ0n) is 15.1. The average Bonchev–Trinajstić information content (AvgIpc) is 3.12. The predicted molar refractivity (Wildman–Crippen MR) is 104 cm³/mol. The topological polar surface area (TPSA) is 66.4 Å². The molecule has 5 nitrogen and oxygen atoms in total. The molecule has 1 saturated heterocycles. The third kappa shape index (κ3) is 3.65. The number of nitrogens with two attached hydrogens (primary N) is 1. The van der Waals surface area contributed by atoms with Crippen LogP contribution in [0.3, 0.4) is 0 Å². The van der Waals surface area contributed by atoms with Gasteiger partial charge in [0.05, 0.1) is 23.9 Å². The summed E-state index contributed by atoms with van der Waals surface area (Å²) < 4.78 is 15.2. The lowest BCUT2D eigenvalue weighted by molar-refractivity contribution is -0.525. The molecule has 3 aliphatic rings. The monoisotopic (exact) mass is 388 g/mol. The molecule has 7 heteroatoms. The summed E-state index contributed by atoms with van der Waals surface area (Å²) in [5, 5.41) is -0.261. The molecule has 2 atom stereocenters. The van der Waals surface area contributed by atoms with E-state index in [1.54, 1.807) is 18.2 Å². The van der Waals surface area contributed by atoms with Crippen LogP contribution in [-0.2, 0) is 4.79 Å². The number of thioether (sulfide) groups is 1. The first-order chi connectivity index (χ1) is 13.0. The highest BCUT2D eigenvalue weighted by Crippen LogP contribution is 2.35. The minimum atomic E-state index is -0.333. The van der Waals surface area contributed by atoms with E-state index >= 15 is 0 Å². The zero-order valence-corrected chi connectivity index (χ0v) is 15.9. The largest absolute Gasteiger partial charge is 0.293 e. The Bertz CT molecular complexity index is 834. The van der Waals surface area contributed by atoms with E-state index in [4.69, 9.17) is 5.73 Å². The van der Waals surface area contributed by atoms with Crippen molar-refractivity contribution in [1.29, 1.82) is 0 Å². The van der Waals surface area contributed by atoms with Gasteiger partial charge in [-0.05, 0) is 48.4 Å². The lowest BCUT2D eigenvalue weighted by atomic mass is 9.80.